The van der Waals surface area contributed by atoms with Crippen LogP contribution in [0.3, 0.4) is 0 Å². The largest absolute Gasteiger partial charge is 0.347 e. The van der Waals surface area contributed by atoms with Gasteiger partial charge in [0.2, 0.25) is 11.8 Å². The molecule has 126 valence electrons. The average molecular weight is 330 g/mol. The van der Waals surface area contributed by atoms with Crippen molar-refractivity contribution in [2.45, 2.75) is 51.5 Å². The zero-order chi connectivity index (χ0) is 16.2. The Hall–Kier alpha value is -1.11. The summed E-state index contributed by atoms with van der Waals surface area (Å²) in [7, 11) is -3.01. The van der Waals surface area contributed by atoms with Crippen LogP contribution in [0.2, 0.25) is 0 Å². The Kier molecular flexibility index (Phi) is 5.83. The van der Waals surface area contributed by atoms with Gasteiger partial charge in [0.1, 0.15) is 0 Å². The molecule has 1 aliphatic heterocycles. The summed E-state index contributed by atoms with van der Waals surface area (Å²) in [5, 5.41) is 2.73. The van der Waals surface area contributed by atoms with Crippen LogP contribution in [0.1, 0.15) is 45.4 Å². The molecule has 2 fully saturated rings. The van der Waals surface area contributed by atoms with E-state index in [0.29, 0.717) is 13.0 Å². The van der Waals surface area contributed by atoms with E-state index in [2.05, 4.69) is 5.32 Å². The molecule has 1 N–H and O–H groups in total. The summed E-state index contributed by atoms with van der Waals surface area (Å²) >= 11 is 0. The van der Waals surface area contributed by atoms with Crippen molar-refractivity contribution in [3.63, 3.8) is 0 Å². The smallest absolute Gasteiger partial charge is 0.242 e. The molecule has 1 aliphatic carbocycles. The molecule has 22 heavy (non-hydrogen) atoms. The normalized spacial score (nSPS) is 24.9. The number of rotatable bonds is 5. The summed E-state index contributed by atoms with van der Waals surface area (Å²) in [6.07, 6.45) is 5.64. The molecule has 2 rings (SSSR count). The van der Waals surface area contributed by atoms with E-state index in [1.165, 1.54) is 6.42 Å². The third kappa shape index (κ3) is 4.44. The van der Waals surface area contributed by atoms with E-state index in [1.807, 2.05) is 6.92 Å². The quantitative estimate of drug-likeness (QED) is 0.805. The number of nitrogens with one attached hydrogen (secondary N) is 1. The lowest BCUT2D eigenvalue weighted by atomic mass is 9.89. The summed E-state index contributed by atoms with van der Waals surface area (Å²) in [4.78, 5) is 25.9. The highest BCUT2D eigenvalue weighted by molar-refractivity contribution is 7.91. The first-order chi connectivity index (χ1) is 10.4. The highest BCUT2D eigenvalue weighted by atomic mass is 32.2. The van der Waals surface area contributed by atoms with Crippen LogP contribution in [0.5, 0.6) is 0 Å². The number of hydrogen-bond donors (Lipinski definition) is 1. The van der Waals surface area contributed by atoms with E-state index in [1.54, 1.807) is 4.90 Å². The van der Waals surface area contributed by atoms with Crippen LogP contribution >= 0.6 is 0 Å². The maximum Gasteiger partial charge on any atom is 0.242 e. The molecule has 1 unspecified atom stereocenters. The summed E-state index contributed by atoms with van der Waals surface area (Å²) in [6, 6.07) is -0.242. The highest BCUT2D eigenvalue weighted by Crippen LogP contribution is 2.23. The summed E-state index contributed by atoms with van der Waals surface area (Å²) in [5.41, 5.74) is 0. The summed E-state index contributed by atoms with van der Waals surface area (Å²) < 4.78 is 23.1. The van der Waals surface area contributed by atoms with Crippen molar-refractivity contribution in [3.8, 4) is 0 Å². The van der Waals surface area contributed by atoms with Crippen molar-refractivity contribution >= 4 is 21.7 Å². The first-order valence-electron chi connectivity index (χ1n) is 8.20. The van der Waals surface area contributed by atoms with E-state index in [9.17, 15) is 18.0 Å². The Labute approximate surface area is 132 Å². The first-order valence-corrected chi connectivity index (χ1v) is 10.0. The van der Waals surface area contributed by atoms with Gasteiger partial charge in [0.25, 0.3) is 0 Å². The Morgan fingerprint density at radius 1 is 1.14 bits per heavy atom. The van der Waals surface area contributed by atoms with Crippen molar-refractivity contribution in [2.75, 3.05) is 24.6 Å². The zero-order valence-corrected chi connectivity index (χ0v) is 14.0. The third-order valence-corrected chi connectivity index (χ3v) is 6.45. The second-order valence-electron chi connectivity index (χ2n) is 6.29. The van der Waals surface area contributed by atoms with Crippen LogP contribution in [0.25, 0.3) is 0 Å². The van der Waals surface area contributed by atoms with Crippen LogP contribution < -0.4 is 5.32 Å². The van der Waals surface area contributed by atoms with E-state index < -0.39 is 9.84 Å². The minimum absolute atomic E-state index is 0.0281. The lowest BCUT2D eigenvalue weighted by Crippen LogP contribution is -2.47. The lowest BCUT2D eigenvalue weighted by Gasteiger charge is -2.27. The molecule has 0 spiro atoms. The van der Waals surface area contributed by atoms with E-state index in [0.717, 1.165) is 25.7 Å². The molecule has 6 nitrogen and oxygen atoms in total. The van der Waals surface area contributed by atoms with Crippen LogP contribution in [0.4, 0.5) is 0 Å². The minimum atomic E-state index is -3.01. The molecule has 0 bridgehead atoms. The number of amides is 2. The molecular formula is C15H26N2O4S. The molecule has 0 aromatic heterocycles. The van der Waals surface area contributed by atoms with Gasteiger partial charge in [-0.2, -0.15) is 0 Å². The van der Waals surface area contributed by atoms with Crippen molar-refractivity contribution in [2.24, 2.45) is 5.92 Å². The fraction of sp³-hybridized carbons (Fsp3) is 0.867. The topological polar surface area (TPSA) is 83.6 Å². The SMILES string of the molecule is CCN(C(=O)CNC(=O)C1CCCCC1)C1CCS(=O)(=O)C1. The maximum atomic E-state index is 12.3. The standard InChI is InChI=1S/C15H26N2O4S/c1-2-17(13-8-9-22(20,21)11-13)14(18)10-16-15(19)12-6-4-3-5-7-12/h12-13H,2-11H2,1H3,(H,16,19). The first kappa shape index (κ1) is 17.2. The van der Waals surface area contributed by atoms with E-state index in [4.69, 9.17) is 0 Å². The van der Waals surface area contributed by atoms with Gasteiger partial charge in [0, 0.05) is 18.5 Å². The lowest BCUT2D eigenvalue weighted by molar-refractivity contribution is -0.135. The van der Waals surface area contributed by atoms with Crippen LogP contribution in [-0.2, 0) is 19.4 Å². The van der Waals surface area contributed by atoms with Crippen LogP contribution in [0.15, 0.2) is 0 Å². The number of sulfone groups is 1. The van der Waals surface area contributed by atoms with Crippen molar-refractivity contribution in [3.05, 3.63) is 0 Å². The average Bonchev–Trinajstić information content (AvgIpc) is 2.86. The Bertz CT molecular complexity index is 512. The second-order valence-corrected chi connectivity index (χ2v) is 8.52. The highest BCUT2D eigenvalue weighted by Gasteiger charge is 2.34. The minimum Gasteiger partial charge on any atom is -0.347 e. The van der Waals surface area contributed by atoms with E-state index >= 15 is 0 Å². The molecule has 1 heterocycles. The van der Waals surface area contributed by atoms with E-state index in [-0.39, 0.29) is 41.8 Å². The van der Waals surface area contributed by atoms with Crippen molar-refractivity contribution < 1.29 is 18.0 Å². The second kappa shape index (κ2) is 7.44. The molecule has 2 amide bonds. The van der Waals surface area contributed by atoms with Gasteiger partial charge in [-0.15, -0.1) is 0 Å². The molecule has 7 heteroatoms. The Morgan fingerprint density at radius 3 is 2.36 bits per heavy atom. The molecular weight excluding hydrogens is 304 g/mol. The monoisotopic (exact) mass is 330 g/mol. The predicted octanol–water partition coefficient (Wildman–Crippen LogP) is 0.719. The van der Waals surface area contributed by atoms with Gasteiger partial charge in [-0.25, -0.2) is 8.42 Å². The van der Waals surface area contributed by atoms with Gasteiger partial charge in [-0.05, 0) is 26.2 Å². The summed E-state index contributed by atoms with van der Waals surface area (Å²) in [5.74, 6) is -0.000599. The van der Waals surface area contributed by atoms with Gasteiger partial charge >= 0.3 is 0 Å². The van der Waals surface area contributed by atoms with Crippen LogP contribution in [-0.4, -0.2) is 55.8 Å². The van der Waals surface area contributed by atoms with Crippen molar-refractivity contribution in [1.82, 2.24) is 10.2 Å². The number of nitrogens with zero attached hydrogens (tertiary/aromatic N) is 1. The van der Waals surface area contributed by atoms with Gasteiger partial charge in [-0.3, -0.25) is 9.59 Å². The molecule has 2 aliphatic rings. The third-order valence-electron chi connectivity index (χ3n) is 4.70. The summed E-state index contributed by atoms with van der Waals surface area (Å²) in [6.45, 7) is 2.28. The number of carbonyl (C=O) groups is 2. The predicted molar refractivity (Wildman–Crippen MR) is 84.0 cm³/mol. The Morgan fingerprint density at radius 2 is 1.82 bits per heavy atom. The van der Waals surface area contributed by atoms with Gasteiger partial charge in [0.05, 0.1) is 18.1 Å². The van der Waals surface area contributed by atoms with Crippen molar-refractivity contribution in [1.29, 1.82) is 0 Å². The molecule has 1 saturated carbocycles. The molecule has 0 radical (unpaired) electrons. The maximum absolute atomic E-state index is 12.3. The fourth-order valence-electron chi connectivity index (χ4n) is 3.43. The fourth-order valence-corrected chi connectivity index (χ4v) is 5.16. The number of carbonyl (C=O) groups excluding carboxylic acids is 2. The Balaban J connectivity index is 1.83. The number of likely N-dealkylation sites (N-methyl/N-ethyl adjacent to an activating group) is 1. The van der Waals surface area contributed by atoms with Gasteiger partial charge < -0.3 is 10.2 Å². The van der Waals surface area contributed by atoms with Crippen LogP contribution in [0, 0.1) is 5.92 Å². The number of hydrogen-bond acceptors (Lipinski definition) is 4. The van der Waals surface area contributed by atoms with Gasteiger partial charge in [0.15, 0.2) is 9.84 Å². The molecule has 1 saturated heterocycles. The molecule has 0 aromatic rings. The molecule has 1 atom stereocenters. The van der Waals surface area contributed by atoms with Gasteiger partial charge in [-0.1, -0.05) is 19.3 Å². The molecule has 0 aromatic carbocycles. The zero-order valence-electron chi connectivity index (χ0n) is 13.2.